The highest BCUT2D eigenvalue weighted by molar-refractivity contribution is 7.19. The van der Waals surface area contributed by atoms with Gasteiger partial charge in [-0.3, -0.25) is 4.40 Å². The Kier molecular flexibility index (Phi) is 3.13. The number of imidazole rings is 1. The summed E-state index contributed by atoms with van der Waals surface area (Å²) < 4.78 is 3.38. The second kappa shape index (κ2) is 5.04. The summed E-state index contributed by atoms with van der Waals surface area (Å²) in [5.41, 5.74) is 4.51. The van der Waals surface area contributed by atoms with Crippen LogP contribution in [0.25, 0.3) is 27.3 Å². The normalized spacial score (nSPS) is 12.1. The van der Waals surface area contributed by atoms with Crippen molar-refractivity contribution in [3.05, 3.63) is 51.2 Å². The van der Waals surface area contributed by atoms with Gasteiger partial charge in [-0.15, -0.1) is 22.7 Å². The molecule has 0 bridgehead atoms. The van der Waals surface area contributed by atoms with E-state index in [0.717, 1.165) is 26.9 Å². The van der Waals surface area contributed by atoms with Gasteiger partial charge in [-0.05, 0) is 50.6 Å². The van der Waals surface area contributed by atoms with Crippen LogP contribution in [0.4, 0.5) is 0 Å². The molecule has 0 saturated heterocycles. The molecule has 4 aromatic rings. The Morgan fingerprint density at radius 3 is 2.77 bits per heavy atom. The van der Waals surface area contributed by atoms with Gasteiger partial charge in [0.2, 0.25) is 0 Å². The van der Waals surface area contributed by atoms with E-state index in [1.54, 1.807) is 22.7 Å². The third-order valence-corrected chi connectivity index (χ3v) is 5.51. The van der Waals surface area contributed by atoms with E-state index >= 15 is 0 Å². The van der Waals surface area contributed by atoms with Crippen LogP contribution in [0.2, 0.25) is 0 Å². The molecule has 110 valence electrons. The van der Waals surface area contributed by atoms with Gasteiger partial charge in [-0.25, -0.2) is 9.97 Å². The highest BCUT2D eigenvalue weighted by Gasteiger charge is 2.09. The van der Waals surface area contributed by atoms with Crippen LogP contribution in [-0.4, -0.2) is 14.4 Å². The Bertz CT molecular complexity index is 1020. The van der Waals surface area contributed by atoms with Crippen molar-refractivity contribution in [3.8, 4) is 0 Å². The summed E-state index contributed by atoms with van der Waals surface area (Å²) >= 11 is 3.44. The van der Waals surface area contributed by atoms with Crippen molar-refractivity contribution in [2.24, 2.45) is 0 Å². The maximum absolute atomic E-state index is 4.69. The average Bonchev–Trinajstić information content (AvgIpc) is 3.08. The molecule has 3 nitrogen and oxygen atoms in total. The van der Waals surface area contributed by atoms with Gasteiger partial charge in [-0.2, -0.15) is 0 Å². The van der Waals surface area contributed by atoms with Gasteiger partial charge < -0.3 is 0 Å². The van der Waals surface area contributed by atoms with E-state index in [1.807, 2.05) is 0 Å². The van der Waals surface area contributed by atoms with E-state index in [9.17, 15) is 0 Å². The van der Waals surface area contributed by atoms with Gasteiger partial charge in [0.15, 0.2) is 4.96 Å². The third kappa shape index (κ3) is 2.26. The van der Waals surface area contributed by atoms with Crippen molar-refractivity contribution < 1.29 is 0 Å². The Hall–Kier alpha value is -1.98. The van der Waals surface area contributed by atoms with Crippen molar-refractivity contribution in [1.82, 2.24) is 14.4 Å². The molecule has 0 spiro atoms. The van der Waals surface area contributed by atoms with E-state index in [2.05, 4.69) is 66.7 Å². The second-order valence-corrected chi connectivity index (χ2v) is 7.71. The Morgan fingerprint density at radius 1 is 1.05 bits per heavy atom. The molecule has 0 N–H and O–H groups in total. The minimum atomic E-state index is 1.03. The van der Waals surface area contributed by atoms with Crippen LogP contribution in [-0.2, 0) is 0 Å². The Morgan fingerprint density at radius 2 is 1.91 bits per heavy atom. The zero-order valence-electron chi connectivity index (χ0n) is 12.6. The number of nitrogens with zero attached hydrogens (tertiary/aromatic N) is 3. The topological polar surface area (TPSA) is 30.2 Å². The van der Waals surface area contributed by atoms with Gasteiger partial charge in [0.1, 0.15) is 5.01 Å². The molecule has 3 aromatic heterocycles. The van der Waals surface area contributed by atoms with Gasteiger partial charge in [-0.1, -0.05) is 6.07 Å². The molecule has 5 heteroatoms. The first-order valence-electron chi connectivity index (χ1n) is 7.10. The summed E-state index contributed by atoms with van der Waals surface area (Å²) in [6, 6.07) is 6.41. The van der Waals surface area contributed by atoms with E-state index in [4.69, 9.17) is 4.98 Å². The summed E-state index contributed by atoms with van der Waals surface area (Å²) in [7, 11) is 0. The van der Waals surface area contributed by atoms with Crippen molar-refractivity contribution in [1.29, 1.82) is 0 Å². The number of thiazole rings is 2. The minimum Gasteiger partial charge on any atom is -0.290 e. The summed E-state index contributed by atoms with van der Waals surface area (Å²) in [6.07, 6.45) is 6.34. The highest BCUT2D eigenvalue weighted by atomic mass is 32.1. The van der Waals surface area contributed by atoms with Gasteiger partial charge in [0, 0.05) is 11.1 Å². The zero-order valence-corrected chi connectivity index (χ0v) is 14.3. The smallest absolute Gasteiger partial charge is 0.194 e. The van der Waals surface area contributed by atoms with E-state index < -0.39 is 0 Å². The van der Waals surface area contributed by atoms with Crippen LogP contribution >= 0.6 is 22.7 Å². The number of aromatic nitrogens is 3. The van der Waals surface area contributed by atoms with E-state index in [0.29, 0.717) is 0 Å². The molecule has 3 heterocycles. The predicted octanol–water partition coefficient (Wildman–Crippen LogP) is 5.10. The molecule has 0 aliphatic carbocycles. The number of hydrogen-bond acceptors (Lipinski definition) is 4. The van der Waals surface area contributed by atoms with Crippen LogP contribution in [0.15, 0.2) is 24.4 Å². The lowest BCUT2D eigenvalue weighted by atomic mass is 10.2. The van der Waals surface area contributed by atoms with Gasteiger partial charge in [0.05, 0.1) is 21.6 Å². The molecule has 0 atom stereocenters. The number of hydrogen-bond donors (Lipinski definition) is 0. The fourth-order valence-corrected chi connectivity index (χ4v) is 4.29. The number of fused-ring (bicyclic) bond motifs is 2. The molecule has 4 rings (SSSR count). The summed E-state index contributed by atoms with van der Waals surface area (Å²) in [4.78, 5) is 11.6. The predicted molar refractivity (Wildman–Crippen MR) is 95.8 cm³/mol. The van der Waals surface area contributed by atoms with Crippen LogP contribution in [0.3, 0.4) is 0 Å². The van der Waals surface area contributed by atoms with Crippen LogP contribution in [0.5, 0.6) is 0 Å². The SMILES string of the molecule is Cc1ccc2sc(/C=C/c3c(C)nc4sc(C)cn34)nc2c1. The monoisotopic (exact) mass is 325 g/mol. The van der Waals surface area contributed by atoms with Crippen LogP contribution in [0, 0.1) is 20.8 Å². The van der Waals surface area contributed by atoms with Crippen molar-refractivity contribution in [3.63, 3.8) is 0 Å². The number of rotatable bonds is 2. The molecule has 0 fully saturated rings. The number of benzene rings is 1. The summed E-state index contributed by atoms with van der Waals surface area (Å²) in [5.74, 6) is 0. The van der Waals surface area contributed by atoms with Crippen molar-refractivity contribution >= 4 is 50.0 Å². The standard InChI is InChI=1S/C17H15N3S2/c1-10-4-6-15-13(8-10)19-16(22-15)7-5-14-12(3)18-17-20(14)9-11(2)21-17/h4-9H,1-3H3/b7-5+. The van der Waals surface area contributed by atoms with Gasteiger partial charge in [0.25, 0.3) is 0 Å². The first-order chi connectivity index (χ1) is 10.6. The lowest BCUT2D eigenvalue weighted by molar-refractivity contribution is 1.18. The Balaban J connectivity index is 1.76. The fourth-order valence-electron chi connectivity index (χ4n) is 2.56. The fraction of sp³-hybridized carbons (Fsp3) is 0.176. The molecule has 1 aromatic carbocycles. The minimum absolute atomic E-state index is 1.03. The maximum Gasteiger partial charge on any atom is 0.194 e. The largest absolute Gasteiger partial charge is 0.290 e. The average molecular weight is 325 g/mol. The highest BCUT2D eigenvalue weighted by Crippen LogP contribution is 2.26. The summed E-state index contributed by atoms with van der Waals surface area (Å²) in [5, 5.41) is 1.03. The molecule has 0 radical (unpaired) electrons. The van der Waals surface area contributed by atoms with Crippen LogP contribution < -0.4 is 0 Å². The zero-order chi connectivity index (χ0) is 15.3. The molecule has 0 amide bonds. The molecular weight excluding hydrogens is 310 g/mol. The molecule has 0 unspecified atom stereocenters. The molecule has 0 aliphatic rings. The third-order valence-electron chi connectivity index (χ3n) is 3.61. The van der Waals surface area contributed by atoms with Crippen molar-refractivity contribution in [2.75, 3.05) is 0 Å². The lowest BCUT2D eigenvalue weighted by Crippen LogP contribution is -1.83. The van der Waals surface area contributed by atoms with Crippen molar-refractivity contribution in [2.45, 2.75) is 20.8 Å². The maximum atomic E-state index is 4.69. The van der Waals surface area contributed by atoms with E-state index in [-0.39, 0.29) is 0 Å². The molecule has 0 saturated carbocycles. The van der Waals surface area contributed by atoms with E-state index in [1.165, 1.54) is 15.1 Å². The second-order valence-electron chi connectivity index (χ2n) is 5.43. The van der Waals surface area contributed by atoms with Gasteiger partial charge >= 0.3 is 0 Å². The first-order valence-corrected chi connectivity index (χ1v) is 8.74. The first kappa shape index (κ1) is 13.7. The van der Waals surface area contributed by atoms with Crippen LogP contribution in [0.1, 0.15) is 26.8 Å². The molecular formula is C17H15N3S2. The lowest BCUT2D eigenvalue weighted by Gasteiger charge is -1.92. The molecule has 0 aliphatic heterocycles. The quantitative estimate of drug-likeness (QED) is 0.513. The molecule has 22 heavy (non-hydrogen) atoms. The summed E-state index contributed by atoms with van der Waals surface area (Å²) in [6.45, 7) is 6.26. The number of aryl methyl sites for hydroxylation is 3. The Labute approximate surface area is 136 Å².